The minimum absolute atomic E-state index is 0.0369. The summed E-state index contributed by atoms with van der Waals surface area (Å²) >= 11 is 0. The van der Waals surface area contributed by atoms with Gasteiger partial charge in [-0.15, -0.1) is 0 Å². The first-order valence-corrected chi connectivity index (χ1v) is 7.05. The smallest absolute Gasteiger partial charge is 0.126 e. The van der Waals surface area contributed by atoms with Crippen LogP contribution in [0.1, 0.15) is 16.7 Å². The topological polar surface area (TPSA) is 45.1 Å². The van der Waals surface area contributed by atoms with Crippen LogP contribution in [0.2, 0.25) is 0 Å². The van der Waals surface area contributed by atoms with Gasteiger partial charge < -0.3 is 10.4 Å². The van der Waals surface area contributed by atoms with E-state index in [-0.39, 0.29) is 6.61 Å². The molecule has 0 aliphatic heterocycles. The van der Waals surface area contributed by atoms with Crippen molar-refractivity contribution in [3.63, 3.8) is 0 Å². The van der Waals surface area contributed by atoms with E-state index in [1.54, 1.807) is 0 Å². The maximum absolute atomic E-state index is 9.34. The number of nitrogens with zero attached hydrogens (tertiary/aromatic N) is 1. The summed E-state index contributed by atoms with van der Waals surface area (Å²) in [4.78, 5) is 4.59. The molecule has 3 aromatic rings. The third kappa shape index (κ3) is 3.03. The van der Waals surface area contributed by atoms with Gasteiger partial charge >= 0.3 is 0 Å². The summed E-state index contributed by atoms with van der Waals surface area (Å²) in [5.41, 5.74) is 4.30. The lowest BCUT2D eigenvalue weighted by Gasteiger charge is -2.08. The lowest BCUT2D eigenvalue weighted by atomic mass is 10.1. The third-order valence-corrected chi connectivity index (χ3v) is 3.59. The molecule has 3 heteroatoms. The summed E-state index contributed by atoms with van der Waals surface area (Å²) in [7, 11) is 0. The number of nitrogens with one attached hydrogen (secondary N) is 1. The van der Waals surface area contributed by atoms with Crippen LogP contribution in [0.15, 0.2) is 54.6 Å². The number of aliphatic hydroxyl groups excluding tert-OH is 1. The van der Waals surface area contributed by atoms with Gasteiger partial charge in [0.25, 0.3) is 0 Å². The van der Waals surface area contributed by atoms with Crippen LogP contribution in [0.25, 0.3) is 10.9 Å². The summed E-state index contributed by atoms with van der Waals surface area (Å²) < 4.78 is 0. The molecular formula is C18H18N2O. The van der Waals surface area contributed by atoms with Crippen molar-refractivity contribution < 1.29 is 5.11 Å². The Morgan fingerprint density at radius 2 is 1.81 bits per heavy atom. The van der Waals surface area contributed by atoms with Crippen LogP contribution in [0.4, 0.5) is 5.82 Å². The first kappa shape index (κ1) is 13.6. The molecule has 0 saturated heterocycles. The van der Waals surface area contributed by atoms with E-state index < -0.39 is 0 Å². The third-order valence-electron chi connectivity index (χ3n) is 3.59. The molecule has 3 rings (SSSR count). The highest BCUT2D eigenvalue weighted by Gasteiger charge is 2.02. The second-order valence-electron chi connectivity index (χ2n) is 5.18. The number of anilines is 1. The van der Waals surface area contributed by atoms with Gasteiger partial charge in [-0.2, -0.15) is 0 Å². The maximum atomic E-state index is 9.34. The predicted molar refractivity (Wildman–Crippen MR) is 86.2 cm³/mol. The molecule has 0 radical (unpaired) electrons. The van der Waals surface area contributed by atoms with Gasteiger partial charge in [0.15, 0.2) is 0 Å². The number of pyridine rings is 1. The van der Waals surface area contributed by atoms with Crippen molar-refractivity contribution >= 4 is 16.7 Å². The summed E-state index contributed by atoms with van der Waals surface area (Å²) in [6.07, 6.45) is 0. The molecule has 1 heterocycles. The van der Waals surface area contributed by atoms with Crippen molar-refractivity contribution in [2.45, 2.75) is 20.1 Å². The highest BCUT2D eigenvalue weighted by Crippen LogP contribution is 2.19. The van der Waals surface area contributed by atoms with E-state index in [4.69, 9.17) is 0 Å². The Balaban J connectivity index is 1.80. The quantitative estimate of drug-likeness (QED) is 0.765. The lowest BCUT2D eigenvalue weighted by molar-refractivity contribution is 0.283. The average Bonchev–Trinajstić information content (AvgIpc) is 2.53. The number of fused-ring (bicyclic) bond motifs is 1. The van der Waals surface area contributed by atoms with Gasteiger partial charge in [0.05, 0.1) is 12.1 Å². The number of aromatic nitrogens is 1. The summed E-state index contributed by atoms with van der Waals surface area (Å²) in [5, 5.41) is 13.7. The largest absolute Gasteiger partial charge is 0.392 e. The summed E-state index contributed by atoms with van der Waals surface area (Å²) in [6.45, 7) is 2.87. The monoisotopic (exact) mass is 278 g/mol. The molecule has 3 nitrogen and oxygen atoms in total. The molecule has 0 saturated carbocycles. The zero-order valence-corrected chi connectivity index (χ0v) is 12.0. The molecule has 0 amide bonds. The molecule has 0 spiro atoms. The fourth-order valence-corrected chi connectivity index (χ4v) is 2.35. The Morgan fingerprint density at radius 1 is 1.00 bits per heavy atom. The fourth-order valence-electron chi connectivity index (χ4n) is 2.35. The standard InChI is InChI=1S/C18H18N2O/c1-13-5-7-14(8-6-13)11-19-18-10-9-16-15(12-21)3-2-4-17(16)20-18/h2-10,21H,11-12H2,1H3,(H,19,20). The van der Waals surface area contributed by atoms with Gasteiger partial charge in [0.2, 0.25) is 0 Å². The molecule has 2 aromatic carbocycles. The molecule has 2 N–H and O–H groups in total. The molecule has 0 atom stereocenters. The van der Waals surface area contributed by atoms with E-state index >= 15 is 0 Å². The van der Waals surface area contributed by atoms with Gasteiger partial charge in [0, 0.05) is 11.9 Å². The molecule has 21 heavy (non-hydrogen) atoms. The van der Waals surface area contributed by atoms with Gasteiger partial charge in [-0.25, -0.2) is 4.98 Å². The van der Waals surface area contributed by atoms with Crippen LogP contribution in [-0.4, -0.2) is 10.1 Å². The number of hydrogen-bond donors (Lipinski definition) is 2. The molecule has 0 bridgehead atoms. The van der Waals surface area contributed by atoms with Gasteiger partial charge in [-0.3, -0.25) is 0 Å². The molecular weight excluding hydrogens is 260 g/mol. The normalized spacial score (nSPS) is 10.8. The van der Waals surface area contributed by atoms with Crippen molar-refractivity contribution in [2.24, 2.45) is 0 Å². The van der Waals surface area contributed by atoms with Crippen LogP contribution in [0.5, 0.6) is 0 Å². The SMILES string of the molecule is Cc1ccc(CNc2ccc3c(CO)cccc3n2)cc1. The Kier molecular flexibility index (Phi) is 3.84. The Hall–Kier alpha value is -2.39. The minimum atomic E-state index is 0.0369. The van der Waals surface area contributed by atoms with Crippen LogP contribution >= 0.6 is 0 Å². The molecule has 106 valence electrons. The summed E-state index contributed by atoms with van der Waals surface area (Å²) in [5.74, 6) is 0.846. The van der Waals surface area contributed by atoms with E-state index in [0.29, 0.717) is 0 Å². The number of aliphatic hydroxyl groups is 1. The zero-order valence-electron chi connectivity index (χ0n) is 12.0. The Bertz CT molecular complexity index is 751. The fraction of sp³-hybridized carbons (Fsp3) is 0.167. The Labute approximate surface area is 124 Å². The van der Waals surface area contributed by atoms with Crippen molar-refractivity contribution in [2.75, 3.05) is 5.32 Å². The highest BCUT2D eigenvalue weighted by atomic mass is 16.3. The van der Waals surface area contributed by atoms with Crippen LogP contribution in [0, 0.1) is 6.92 Å². The molecule has 0 aliphatic carbocycles. The van der Waals surface area contributed by atoms with Crippen molar-refractivity contribution in [3.05, 3.63) is 71.3 Å². The maximum Gasteiger partial charge on any atom is 0.126 e. The van der Waals surface area contributed by atoms with Gasteiger partial charge in [-0.05, 0) is 36.2 Å². The van der Waals surface area contributed by atoms with Crippen LogP contribution in [0.3, 0.4) is 0 Å². The second kappa shape index (κ2) is 5.94. The van der Waals surface area contributed by atoms with Crippen LogP contribution in [-0.2, 0) is 13.2 Å². The first-order chi connectivity index (χ1) is 10.3. The molecule has 0 aliphatic rings. The van der Waals surface area contributed by atoms with E-state index in [9.17, 15) is 5.11 Å². The van der Waals surface area contributed by atoms with E-state index in [1.807, 2.05) is 30.3 Å². The zero-order chi connectivity index (χ0) is 14.7. The minimum Gasteiger partial charge on any atom is -0.392 e. The molecule has 0 unspecified atom stereocenters. The van der Waals surface area contributed by atoms with Gasteiger partial charge in [-0.1, -0.05) is 42.0 Å². The van der Waals surface area contributed by atoms with E-state index in [0.717, 1.165) is 28.8 Å². The number of rotatable bonds is 4. The lowest BCUT2D eigenvalue weighted by Crippen LogP contribution is -2.01. The van der Waals surface area contributed by atoms with Crippen LogP contribution < -0.4 is 5.32 Å². The number of aryl methyl sites for hydroxylation is 1. The average molecular weight is 278 g/mol. The molecule has 0 fully saturated rings. The molecule has 1 aromatic heterocycles. The van der Waals surface area contributed by atoms with Crippen molar-refractivity contribution in [3.8, 4) is 0 Å². The van der Waals surface area contributed by atoms with Crippen molar-refractivity contribution in [1.82, 2.24) is 4.98 Å². The predicted octanol–water partition coefficient (Wildman–Crippen LogP) is 3.65. The second-order valence-corrected chi connectivity index (χ2v) is 5.18. The van der Waals surface area contributed by atoms with E-state index in [1.165, 1.54) is 11.1 Å². The highest BCUT2D eigenvalue weighted by molar-refractivity contribution is 5.83. The summed E-state index contributed by atoms with van der Waals surface area (Å²) in [6, 6.07) is 18.2. The number of hydrogen-bond acceptors (Lipinski definition) is 3. The van der Waals surface area contributed by atoms with Crippen molar-refractivity contribution in [1.29, 1.82) is 0 Å². The Morgan fingerprint density at radius 3 is 2.57 bits per heavy atom. The van der Waals surface area contributed by atoms with Gasteiger partial charge in [0.1, 0.15) is 5.82 Å². The number of benzene rings is 2. The first-order valence-electron chi connectivity index (χ1n) is 7.05. The van der Waals surface area contributed by atoms with E-state index in [2.05, 4.69) is 41.5 Å².